The minimum atomic E-state index is -0.563. The Morgan fingerprint density at radius 2 is 1.85 bits per heavy atom. The second kappa shape index (κ2) is 10.2. The topological polar surface area (TPSA) is 108 Å². The third-order valence-electron chi connectivity index (χ3n) is 3.23. The van der Waals surface area contributed by atoms with Crippen molar-refractivity contribution in [3.05, 3.63) is 58.6 Å². The molecule has 0 aliphatic rings. The minimum Gasteiger partial charge on any atom is -0.492 e. The maximum Gasteiger partial charge on any atom is 0.316 e. The number of nitro benzene ring substituents is 1. The molecule has 0 atom stereocenters. The van der Waals surface area contributed by atoms with Gasteiger partial charge in [0, 0.05) is 17.0 Å². The Balaban J connectivity index is 1.76. The normalized spacial score (nSPS) is 10.1. The van der Waals surface area contributed by atoms with Crippen LogP contribution in [0.3, 0.4) is 0 Å². The lowest BCUT2D eigenvalue weighted by Gasteiger charge is -2.11. The number of carbonyl (C=O) groups excluding carboxylic acids is 2. The van der Waals surface area contributed by atoms with Crippen molar-refractivity contribution in [1.29, 1.82) is 0 Å². The number of nitrogens with zero attached hydrogens (tertiary/aromatic N) is 1. The van der Waals surface area contributed by atoms with Gasteiger partial charge in [0.05, 0.1) is 23.0 Å². The Hall–Kier alpha value is -3.07. The summed E-state index contributed by atoms with van der Waals surface area (Å²) in [6.45, 7) is 1.88. The fourth-order valence-electron chi connectivity index (χ4n) is 2.03. The number of non-ortho nitro benzene ring substituents is 1. The number of para-hydroxylation sites is 2. The quantitative estimate of drug-likeness (QED) is 0.303. The van der Waals surface area contributed by atoms with E-state index in [9.17, 15) is 19.7 Å². The molecule has 0 fully saturated rings. The molecule has 0 aromatic heterocycles. The average Bonchev–Trinajstić information content (AvgIpc) is 2.67. The van der Waals surface area contributed by atoms with Gasteiger partial charge >= 0.3 is 5.97 Å². The highest BCUT2D eigenvalue weighted by Crippen LogP contribution is 2.24. The van der Waals surface area contributed by atoms with Crippen LogP contribution in [0, 0.1) is 10.1 Å². The molecular weight excluding hydrogens is 372 g/mol. The number of carbonyl (C=O) groups is 2. The molecule has 0 saturated carbocycles. The molecule has 1 N–H and O–H groups in total. The average molecular weight is 390 g/mol. The van der Waals surface area contributed by atoms with Gasteiger partial charge in [-0.2, -0.15) is 0 Å². The Kier molecular flexibility index (Phi) is 7.63. The van der Waals surface area contributed by atoms with Gasteiger partial charge in [-0.15, -0.1) is 11.8 Å². The van der Waals surface area contributed by atoms with Gasteiger partial charge in [-0.25, -0.2) is 0 Å². The first-order chi connectivity index (χ1) is 13.0. The third-order valence-corrected chi connectivity index (χ3v) is 4.22. The molecule has 2 aromatic rings. The number of rotatable bonds is 9. The van der Waals surface area contributed by atoms with Gasteiger partial charge in [-0.1, -0.05) is 12.1 Å². The van der Waals surface area contributed by atoms with E-state index < -0.39 is 23.4 Å². The molecule has 142 valence electrons. The van der Waals surface area contributed by atoms with E-state index in [1.54, 1.807) is 36.4 Å². The molecule has 0 spiro atoms. The minimum absolute atomic E-state index is 0.0133. The lowest BCUT2D eigenvalue weighted by Crippen LogP contribution is -2.22. The maximum atomic E-state index is 11.9. The summed E-state index contributed by atoms with van der Waals surface area (Å²) in [6, 6.07) is 12.8. The van der Waals surface area contributed by atoms with Gasteiger partial charge in [0.2, 0.25) is 0 Å². The molecule has 0 saturated heterocycles. The molecule has 0 radical (unpaired) electrons. The van der Waals surface area contributed by atoms with Crippen molar-refractivity contribution in [1.82, 2.24) is 0 Å². The van der Waals surface area contributed by atoms with E-state index in [1.807, 2.05) is 6.92 Å². The molecule has 0 bridgehead atoms. The van der Waals surface area contributed by atoms with Crippen LogP contribution in [0.4, 0.5) is 11.4 Å². The first-order valence-electron chi connectivity index (χ1n) is 8.04. The Bertz CT molecular complexity index is 810. The van der Waals surface area contributed by atoms with Gasteiger partial charge in [0.15, 0.2) is 6.61 Å². The summed E-state index contributed by atoms with van der Waals surface area (Å²) in [5.74, 6) is -0.517. The Labute approximate surface area is 160 Å². The molecule has 2 aromatic carbocycles. The van der Waals surface area contributed by atoms with Crippen LogP contribution in [-0.4, -0.2) is 35.8 Å². The molecule has 8 nitrogen and oxygen atoms in total. The predicted molar refractivity (Wildman–Crippen MR) is 101 cm³/mol. The standard InChI is InChI=1S/C18H18N2O6S/c1-2-25-16-6-4-3-5-15(16)19-17(21)11-26-18(22)12-27-14-9-7-13(8-10-14)20(23)24/h3-10H,2,11-12H2,1H3,(H,19,21). The second-order valence-corrected chi connectivity index (χ2v) is 6.23. The van der Waals surface area contributed by atoms with Gasteiger partial charge in [-0.3, -0.25) is 19.7 Å². The number of anilines is 1. The molecule has 0 aliphatic heterocycles. The second-order valence-electron chi connectivity index (χ2n) is 5.18. The molecule has 0 heterocycles. The van der Waals surface area contributed by atoms with Crippen molar-refractivity contribution in [2.45, 2.75) is 11.8 Å². The number of nitrogens with one attached hydrogen (secondary N) is 1. The number of thioether (sulfide) groups is 1. The van der Waals surface area contributed by atoms with Crippen LogP contribution in [0.2, 0.25) is 0 Å². The number of esters is 1. The van der Waals surface area contributed by atoms with Gasteiger partial charge < -0.3 is 14.8 Å². The van der Waals surface area contributed by atoms with Crippen LogP contribution in [0.1, 0.15) is 6.92 Å². The Morgan fingerprint density at radius 3 is 2.52 bits per heavy atom. The largest absolute Gasteiger partial charge is 0.492 e. The van der Waals surface area contributed by atoms with Crippen molar-refractivity contribution < 1.29 is 24.0 Å². The zero-order chi connectivity index (χ0) is 19.6. The highest BCUT2D eigenvalue weighted by Gasteiger charge is 2.11. The lowest BCUT2D eigenvalue weighted by molar-refractivity contribution is -0.384. The van der Waals surface area contributed by atoms with Crippen molar-refractivity contribution >= 4 is 35.0 Å². The number of hydrogen-bond donors (Lipinski definition) is 1. The smallest absolute Gasteiger partial charge is 0.316 e. The molecule has 9 heteroatoms. The van der Waals surface area contributed by atoms with Crippen LogP contribution in [0.5, 0.6) is 5.75 Å². The number of ether oxygens (including phenoxy) is 2. The summed E-state index contributed by atoms with van der Waals surface area (Å²) in [7, 11) is 0. The lowest BCUT2D eigenvalue weighted by atomic mass is 10.3. The van der Waals surface area contributed by atoms with E-state index in [4.69, 9.17) is 9.47 Å². The molecule has 1 amide bonds. The summed E-state index contributed by atoms with van der Waals surface area (Å²) in [5, 5.41) is 13.2. The fraction of sp³-hybridized carbons (Fsp3) is 0.222. The SMILES string of the molecule is CCOc1ccccc1NC(=O)COC(=O)CSc1ccc([N+](=O)[O-])cc1. The first-order valence-corrected chi connectivity index (χ1v) is 9.02. The third kappa shape index (κ3) is 6.63. The van der Waals surface area contributed by atoms with Crippen LogP contribution in [0.25, 0.3) is 0 Å². The fourth-order valence-corrected chi connectivity index (χ4v) is 2.73. The zero-order valence-electron chi connectivity index (χ0n) is 14.5. The number of nitro groups is 1. The number of amides is 1. The first kappa shape index (κ1) is 20.2. The summed E-state index contributed by atoms with van der Waals surface area (Å²) in [6.07, 6.45) is 0. The molecule has 0 aliphatic carbocycles. The van der Waals surface area contributed by atoms with Gasteiger partial charge in [-0.05, 0) is 31.2 Å². The van der Waals surface area contributed by atoms with E-state index in [0.29, 0.717) is 22.9 Å². The van der Waals surface area contributed by atoms with Crippen LogP contribution < -0.4 is 10.1 Å². The van der Waals surface area contributed by atoms with Crippen molar-refractivity contribution in [3.8, 4) is 5.75 Å². The van der Waals surface area contributed by atoms with E-state index in [1.165, 1.54) is 12.1 Å². The summed E-state index contributed by atoms with van der Waals surface area (Å²) in [5.41, 5.74) is 0.478. The van der Waals surface area contributed by atoms with Crippen LogP contribution in [0.15, 0.2) is 53.4 Å². The summed E-state index contributed by atoms with van der Waals surface area (Å²) in [4.78, 5) is 34.5. The van der Waals surface area contributed by atoms with E-state index in [2.05, 4.69) is 5.32 Å². The number of hydrogen-bond acceptors (Lipinski definition) is 7. The van der Waals surface area contributed by atoms with Gasteiger partial charge in [0.25, 0.3) is 11.6 Å². The van der Waals surface area contributed by atoms with Crippen molar-refractivity contribution in [2.24, 2.45) is 0 Å². The van der Waals surface area contributed by atoms with Crippen molar-refractivity contribution in [2.75, 3.05) is 24.3 Å². The predicted octanol–water partition coefficient (Wildman–Crippen LogP) is 3.27. The zero-order valence-corrected chi connectivity index (χ0v) is 15.4. The van der Waals surface area contributed by atoms with E-state index in [0.717, 1.165) is 11.8 Å². The monoisotopic (exact) mass is 390 g/mol. The number of benzene rings is 2. The Morgan fingerprint density at radius 1 is 1.15 bits per heavy atom. The molecule has 27 heavy (non-hydrogen) atoms. The van der Waals surface area contributed by atoms with Crippen LogP contribution >= 0.6 is 11.8 Å². The van der Waals surface area contributed by atoms with E-state index >= 15 is 0 Å². The molecule has 0 unspecified atom stereocenters. The highest BCUT2D eigenvalue weighted by molar-refractivity contribution is 8.00. The van der Waals surface area contributed by atoms with Crippen LogP contribution in [-0.2, 0) is 14.3 Å². The van der Waals surface area contributed by atoms with Crippen molar-refractivity contribution in [3.63, 3.8) is 0 Å². The summed E-state index contributed by atoms with van der Waals surface area (Å²) >= 11 is 1.16. The summed E-state index contributed by atoms with van der Waals surface area (Å²) < 4.78 is 10.3. The maximum absolute atomic E-state index is 11.9. The van der Waals surface area contributed by atoms with E-state index in [-0.39, 0.29) is 11.4 Å². The van der Waals surface area contributed by atoms with Gasteiger partial charge in [0.1, 0.15) is 5.75 Å². The molecular formula is C18H18N2O6S. The molecule has 2 rings (SSSR count). The highest BCUT2D eigenvalue weighted by atomic mass is 32.2.